The molecule has 6 heterocycles. The molecule has 7 aromatic rings. The van der Waals surface area contributed by atoms with Crippen molar-refractivity contribution in [2.75, 3.05) is 5.32 Å². The minimum Gasteiger partial charge on any atom is -0.325 e. The van der Waals surface area contributed by atoms with Gasteiger partial charge in [0.2, 0.25) is 11.8 Å². The number of anilines is 1. The molecule has 0 aliphatic carbocycles. The first-order valence-corrected chi connectivity index (χ1v) is 16.6. The summed E-state index contributed by atoms with van der Waals surface area (Å²) >= 11 is 0. The predicted molar refractivity (Wildman–Crippen MR) is 198 cm³/mol. The normalized spacial score (nSPS) is 10.1. The van der Waals surface area contributed by atoms with Crippen LogP contribution in [0, 0.1) is 0 Å². The van der Waals surface area contributed by atoms with Gasteiger partial charge in [-0.1, -0.05) is 43.2 Å². The summed E-state index contributed by atoms with van der Waals surface area (Å²) < 4.78 is 0. The first kappa shape index (κ1) is 39.0. The molecule has 0 fully saturated rings. The molecular weight excluding hydrogens is 742 g/mol. The third-order valence-corrected chi connectivity index (χ3v) is 7.60. The van der Waals surface area contributed by atoms with Crippen LogP contribution < -0.4 is 10.8 Å². The Labute approximate surface area is 314 Å². The van der Waals surface area contributed by atoms with E-state index in [1.54, 1.807) is 42.7 Å². The average Bonchev–Trinajstić information content (AvgIpc) is 3.21. The van der Waals surface area contributed by atoms with Crippen LogP contribution in [0.5, 0.6) is 0 Å². The third-order valence-electron chi connectivity index (χ3n) is 7.60. The van der Waals surface area contributed by atoms with Crippen LogP contribution in [-0.4, -0.2) is 46.9 Å². The molecule has 52 heavy (non-hydrogen) atoms. The SMILES string of the molecule is O=C(CCCCCCC(=O)Nc1cc2cccnc2c2ncccc12)NO.[Ru+2].c1ccc(-c2ccccn2)nc1.c1ccc(-c2ccccn2)nc1. The van der Waals surface area contributed by atoms with Crippen LogP contribution in [0.3, 0.4) is 0 Å². The van der Waals surface area contributed by atoms with Crippen LogP contribution in [0.25, 0.3) is 44.6 Å². The summed E-state index contributed by atoms with van der Waals surface area (Å²) in [4.78, 5) is 48.8. The number of benzene rings is 1. The minimum absolute atomic E-state index is 0. The number of carbonyl (C=O) groups is 2. The van der Waals surface area contributed by atoms with Crippen LogP contribution in [-0.2, 0) is 29.1 Å². The summed E-state index contributed by atoms with van der Waals surface area (Å²) in [7, 11) is 0. The first-order valence-electron chi connectivity index (χ1n) is 16.6. The van der Waals surface area contributed by atoms with Crippen molar-refractivity contribution in [2.24, 2.45) is 0 Å². The Morgan fingerprint density at radius 1 is 0.500 bits per heavy atom. The van der Waals surface area contributed by atoms with Crippen molar-refractivity contribution in [3.8, 4) is 22.8 Å². The summed E-state index contributed by atoms with van der Waals surface area (Å²) in [6.07, 6.45) is 14.4. The van der Waals surface area contributed by atoms with Gasteiger partial charge in [-0.15, -0.1) is 0 Å². The molecule has 0 unspecified atom stereocenters. The first-order chi connectivity index (χ1) is 25.1. The molecule has 0 saturated heterocycles. The third kappa shape index (κ3) is 11.9. The number of unbranched alkanes of at least 4 members (excludes halogenated alkanes) is 3. The zero-order chi connectivity index (χ0) is 35.5. The summed E-state index contributed by atoms with van der Waals surface area (Å²) in [6, 6.07) is 32.7. The fourth-order valence-corrected chi connectivity index (χ4v) is 5.13. The van der Waals surface area contributed by atoms with Crippen molar-refractivity contribution in [2.45, 2.75) is 38.5 Å². The van der Waals surface area contributed by atoms with E-state index in [0.29, 0.717) is 19.3 Å². The Morgan fingerprint density at radius 2 is 0.942 bits per heavy atom. The van der Waals surface area contributed by atoms with Crippen LogP contribution in [0.4, 0.5) is 5.69 Å². The summed E-state index contributed by atoms with van der Waals surface area (Å²) in [5, 5.41) is 13.2. The molecule has 3 N–H and O–H groups in total. The Bertz CT molecular complexity index is 1960. The number of rotatable bonds is 10. The molecule has 0 saturated carbocycles. The smallest absolute Gasteiger partial charge is 0.325 e. The number of carbonyl (C=O) groups excluding carboxylic acids is 2. The maximum absolute atomic E-state index is 12.3. The van der Waals surface area contributed by atoms with Crippen molar-refractivity contribution in [1.82, 2.24) is 35.4 Å². The monoisotopic (exact) mass is 780 g/mol. The number of nitrogens with one attached hydrogen (secondary N) is 2. The van der Waals surface area contributed by atoms with Gasteiger partial charge in [0, 0.05) is 60.8 Å². The largest absolute Gasteiger partial charge is 2.00 e. The van der Waals surface area contributed by atoms with E-state index < -0.39 is 0 Å². The minimum atomic E-state index is -0.376. The molecule has 0 spiro atoms. The van der Waals surface area contributed by atoms with Gasteiger partial charge >= 0.3 is 19.5 Å². The zero-order valence-corrected chi connectivity index (χ0v) is 30.1. The molecule has 7 rings (SSSR count). The molecule has 0 aliphatic heterocycles. The van der Waals surface area contributed by atoms with E-state index in [9.17, 15) is 9.59 Å². The zero-order valence-electron chi connectivity index (χ0n) is 28.3. The summed E-state index contributed by atoms with van der Waals surface area (Å²) in [5.74, 6) is -0.421. The average molecular weight is 780 g/mol. The van der Waals surface area contributed by atoms with Crippen molar-refractivity contribution in [3.05, 3.63) is 140 Å². The van der Waals surface area contributed by atoms with Gasteiger partial charge in [-0.05, 0) is 85.6 Å². The van der Waals surface area contributed by atoms with E-state index in [1.165, 1.54) is 0 Å². The van der Waals surface area contributed by atoms with Crippen molar-refractivity contribution < 1.29 is 34.3 Å². The predicted octanol–water partition coefficient (Wildman–Crippen LogP) is 7.85. The van der Waals surface area contributed by atoms with Crippen LogP contribution in [0.15, 0.2) is 140 Å². The van der Waals surface area contributed by atoms with Gasteiger partial charge in [-0.3, -0.25) is 44.7 Å². The van der Waals surface area contributed by atoms with E-state index in [1.807, 2.05) is 103 Å². The molecule has 0 atom stereocenters. The quantitative estimate of drug-likeness (QED) is 0.0414. The second-order valence-electron chi connectivity index (χ2n) is 11.3. The number of pyridine rings is 6. The van der Waals surface area contributed by atoms with Gasteiger partial charge in [0.05, 0.1) is 39.5 Å². The molecule has 6 aromatic heterocycles. The number of amides is 2. The molecule has 12 heteroatoms. The summed E-state index contributed by atoms with van der Waals surface area (Å²) in [6.45, 7) is 0. The number of aromatic nitrogens is 6. The van der Waals surface area contributed by atoms with E-state index in [4.69, 9.17) is 5.21 Å². The van der Waals surface area contributed by atoms with E-state index in [-0.39, 0.29) is 31.3 Å². The maximum Gasteiger partial charge on any atom is 2.00 e. The topological polar surface area (TPSA) is 156 Å². The molecule has 262 valence electrons. The second kappa shape index (κ2) is 21.4. The van der Waals surface area contributed by atoms with Gasteiger partial charge in [0.25, 0.3) is 0 Å². The van der Waals surface area contributed by atoms with Crippen LogP contribution >= 0.6 is 0 Å². The number of hydroxylamine groups is 1. The molecule has 11 nitrogen and oxygen atoms in total. The molecule has 2 amide bonds. The van der Waals surface area contributed by atoms with Crippen LogP contribution in [0.1, 0.15) is 38.5 Å². The van der Waals surface area contributed by atoms with E-state index in [0.717, 1.165) is 69.5 Å². The van der Waals surface area contributed by atoms with Gasteiger partial charge in [0.1, 0.15) is 0 Å². The van der Waals surface area contributed by atoms with E-state index >= 15 is 0 Å². The number of hydrogen-bond acceptors (Lipinski definition) is 9. The molecule has 0 bridgehead atoms. The number of fused-ring (bicyclic) bond motifs is 3. The van der Waals surface area contributed by atoms with E-state index in [2.05, 4.69) is 35.2 Å². The fourth-order valence-electron chi connectivity index (χ4n) is 5.13. The van der Waals surface area contributed by atoms with Gasteiger partial charge in [-0.25, -0.2) is 5.48 Å². The molecule has 1 aromatic carbocycles. The Kier molecular flexibility index (Phi) is 16.0. The molecule has 0 radical (unpaired) electrons. The molecule has 0 aliphatic rings. The van der Waals surface area contributed by atoms with Crippen LogP contribution in [0.2, 0.25) is 0 Å². The Balaban J connectivity index is 0.000000199. The standard InChI is InChI=1S/C20H22N4O3.2C10H8N2.Ru/c25-17(9-3-1-2-4-10-18(26)24-27)23-16-13-14-7-5-11-21-19(14)20-15(16)8-6-12-22-20;2*1-3-7-11-9(5-1)10-6-2-4-8-12-10;/h5-8,11-13,27H,1-4,9-10H2,(H,23,25)(H,24,26);2*1-8H;/q;;;+2. The Hall–Kier alpha value is -5.84. The Morgan fingerprint density at radius 3 is 1.40 bits per heavy atom. The number of nitrogens with zero attached hydrogens (tertiary/aromatic N) is 6. The van der Waals surface area contributed by atoms with Gasteiger partial charge in [-0.2, -0.15) is 0 Å². The summed E-state index contributed by atoms with van der Waals surface area (Å²) in [5.41, 5.74) is 7.60. The van der Waals surface area contributed by atoms with Crippen molar-refractivity contribution >= 4 is 39.3 Å². The van der Waals surface area contributed by atoms with Crippen molar-refractivity contribution in [3.63, 3.8) is 0 Å². The van der Waals surface area contributed by atoms with Gasteiger partial charge in [0.15, 0.2) is 0 Å². The second-order valence-corrected chi connectivity index (χ2v) is 11.3. The number of hydrogen-bond donors (Lipinski definition) is 3. The maximum atomic E-state index is 12.3. The fraction of sp³-hybridized carbons (Fsp3) is 0.150. The molecular formula is C40H38N8O3Ru+2. The van der Waals surface area contributed by atoms with Gasteiger partial charge < -0.3 is 5.32 Å². The van der Waals surface area contributed by atoms with Crippen molar-refractivity contribution in [1.29, 1.82) is 0 Å².